The molecule has 0 aliphatic heterocycles. The Balaban J connectivity index is 3.10. The van der Waals surface area contributed by atoms with E-state index in [1.54, 1.807) is 6.92 Å². The van der Waals surface area contributed by atoms with Crippen LogP contribution in [-0.4, -0.2) is 23.1 Å². The van der Waals surface area contributed by atoms with Gasteiger partial charge < -0.3 is 5.11 Å². The predicted octanol–water partition coefficient (Wildman–Crippen LogP) is 0.269. The minimum atomic E-state index is -4.46. The van der Waals surface area contributed by atoms with Crippen LogP contribution in [0.25, 0.3) is 0 Å². The molecule has 1 heterocycles. The van der Waals surface area contributed by atoms with Crippen molar-refractivity contribution in [1.29, 1.82) is 0 Å². The van der Waals surface area contributed by atoms with Crippen molar-refractivity contribution in [1.82, 2.24) is 4.98 Å². The van der Waals surface area contributed by atoms with E-state index in [0.29, 0.717) is 5.56 Å². The molecule has 0 aliphatic carbocycles. The quantitative estimate of drug-likeness (QED) is 0.673. The molecule has 72 valence electrons. The van der Waals surface area contributed by atoms with Crippen LogP contribution in [-0.2, 0) is 10.1 Å². The maximum atomic E-state index is 10.5. The van der Waals surface area contributed by atoms with Gasteiger partial charge in [-0.1, -0.05) is 0 Å². The van der Waals surface area contributed by atoms with Crippen LogP contribution in [0.4, 0.5) is 0 Å². The SMILES string of the molecule is Cc1cncc(C(O)S(=O)(=O)O)c1. The van der Waals surface area contributed by atoms with Crippen LogP contribution in [0.3, 0.4) is 0 Å². The Hall–Kier alpha value is -0.980. The minimum Gasteiger partial charge on any atom is -0.371 e. The second-order valence-corrected chi connectivity index (χ2v) is 4.14. The van der Waals surface area contributed by atoms with Crippen molar-refractivity contribution < 1.29 is 18.1 Å². The summed E-state index contributed by atoms with van der Waals surface area (Å²) < 4.78 is 29.6. The molecular weight excluding hydrogens is 194 g/mol. The van der Waals surface area contributed by atoms with Crippen LogP contribution < -0.4 is 0 Å². The van der Waals surface area contributed by atoms with Crippen molar-refractivity contribution >= 4 is 10.1 Å². The number of rotatable bonds is 2. The smallest absolute Gasteiger partial charge is 0.296 e. The van der Waals surface area contributed by atoms with E-state index < -0.39 is 15.6 Å². The third-order valence-corrected chi connectivity index (χ3v) is 2.30. The average Bonchev–Trinajstić information content (AvgIpc) is 2.01. The first-order valence-corrected chi connectivity index (χ1v) is 4.97. The van der Waals surface area contributed by atoms with Gasteiger partial charge in [0.1, 0.15) is 0 Å². The van der Waals surface area contributed by atoms with E-state index in [4.69, 9.17) is 9.66 Å². The van der Waals surface area contributed by atoms with Gasteiger partial charge in [0.05, 0.1) is 0 Å². The fraction of sp³-hybridized carbons (Fsp3) is 0.286. The van der Waals surface area contributed by atoms with Crippen molar-refractivity contribution in [2.45, 2.75) is 12.4 Å². The van der Waals surface area contributed by atoms with Gasteiger partial charge in [0.25, 0.3) is 10.1 Å². The summed E-state index contributed by atoms with van der Waals surface area (Å²) in [6, 6.07) is 1.44. The summed E-state index contributed by atoms with van der Waals surface area (Å²) >= 11 is 0. The highest BCUT2D eigenvalue weighted by Gasteiger charge is 2.21. The molecule has 0 radical (unpaired) electrons. The van der Waals surface area contributed by atoms with E-state index >= 15 is 0 Å². The second-order valence-electron chi connectivity index (χ2n) is 2.66. The molecule has 1 aromatic rings. The van der Waals surface area contributed by atoms with Gasteiger partial charge in [-0.3, -0.25) is 9.54 Å². The molecule has 0 bridgehead atoms. The van der Waals surface area contributed by atoms with E-state index in [-0.39, 0.29) is 5.56 Å². The summed E-state index contributed by atoms with van der Waals surface area (Å²) in [6.45, 7) is 1.70. The Bertz CT molecular complexity index is 401. The lowest BCUT2D eigenvalue weighted by Gasteiger charge is -2.06. The normalized spacial score (nSPS) is 14.1. The Morgan fingerprint density at radius 3 is 2.54 bits per heavy atom. The number of hydrogen-bond acceptors (Lipinski definition) is 4. The predicted molar refractivity (Wildman–Crippen MR) is 45.5 cm³/mol. The summed E-state index contributed by atoms with van der Waals surface area (Å²) in [4.78, 5) is 3.68. The molecule has 1 unspecified atom stereocenters. The largest absolute Gasteiger partial charge is 0.371 e. The summed E-state index contributed by atoms with van der Waals surface area (Å²) in [7, 11) is -4.46. The van der Waals surface area contributed by atoms with E-state index in [1.807, 2.05) is 0 Å². The first kappa shape index (κ1) is 10.1. The van der Waals surface area contributed by atoms with Crippen LogP contribution in [0, 0.1) is 6.92 Å². The molecule has 0 spiro atoms. The van der Waals surface area contributed by atoms with Gasteiger partial charge >= 0.3 is 0 Å². The lowest BCUT2D eigenvalue weighted by atomic mass is 10.2. The van der Waals surface area contributed by atoms with Gasteiger partial charge in [-0.25, -0.2) is 0 Å². The molecule has 0 fully saturated rings. The van der Waals surface area contributed by atoms with Crippen LogP contribution in [0.1, 0.15) is 16.6 Å². The highest BCUT2D eigenvalue weighted by molar-refractivity contribution is 7.85. The molecular formula is C7H9NO4S. The van der Waals surface area contributed by atoms with Crippen molar-refractivity contribution in [2.24, 2.45) is 0 Å². The van der Waals surface area contributed by atoms with Gasteiger partial charge in [-0.2, -0.15) is 8.42 Å². The van der Waals surface area contributed by atoms with Crippen LogP contribution in [0.2, 0.25) is 0 Å². The minimum absolute atomic E-state index is 0.0579. The van der Waals surface area contributed by atoms with Crippen molar-refractivity contribution in [2.75, 3.05) is 0 Å². The van der Waals surface area contributed by atoms with Gasteiger partial charge in [-0.15, -0.1) is 0 Å². The van der Waals surface area contributed by atoms with E-state index in [0.717, 1.165) is 0 Å². The number of aliphatic hydroxyl groups excluding tert-OH is 1. The lowest BCUT2D eigenvalue weighted by molar-refractivity contribution is 0.238. The van der Waals surface area contributed by atoms with Crippen molar-refractivity contribution in [3.8, 4) is 0 Å². The van der Waals surface area contributed by atoms with E-state index in [9.17, 15) is 8.42 Å². The number of aryl methyl sites for hydroxylation is 1. The molecule has 0 saturated carbocycles. The fourth-order valence-corrected chi connectivity index (χ4v) is 1.36. The Morgan fingerprint density at radius 1 is 1.46 bits per heavy atom. The van der Waals surface area contributed by atoms with Crippen molar-refractivity contribution in [3.05, 3.63) is 29.6 Å². The summed E-state index contributed by atoms with van der Waals surface area (Å²) in [5.41, 5.74) is -1.15. The van der Waals surface area contributed by atoms with Crippen LogP contribution in [0.5, 0.6) is 0 Å². The molecule has 13 heavy (non-hydrogen) atoms. The Kier molecular flexibility index (Phi) is 2.65. The first-order chi connectivity index (χ1) is 5.91. The van der Waals surface area contributed by atoms with Gasteiger partial charge in [0.15, 0.2) is 0 Å². The van der Waals surface area contributed by atoms with E-state index in [1.165, 1.54) is 18.5 Å². The van der Waals surface area contributed by atoms with Crippen LogP contribution in [0.15, 0.2) is 18.5 Å². The maximum Gasteiger partial charge on any atom is 0.296 e. The standard InChI is InChI=1S/C7H9NO4S/c1-5-2-6(4-8-3-5)7(9)13(10,11)12/h2-4,7,9H,1H3,(H,10,11,12). The van der Waals surface area contributed by atoms with Crippen molar-refractivity contribution in [3.63, 3.8) is 0 Å². The Morgan fingerprint density at radius 2 is 2.08 bits per heavy atom. The first-order valence-electron chi connectivity index (χ1n) is 3.47. The molecule has 0 aliphatic rings. The summed E-state index contributed by atoms with van der Waals surface area (Å²) in [5.74, 6) is 0. The third kappa shape index (κ3) is 2.48. The fourth-order valence-electron chi connectivity index (χ4n) is 0.885. The molecule has 0 amide bonds. The third-order valence-electron chi connectivity index (χ3n) is 1.46. The molecule has 1 rings (SSSR count). The second kappa shape index (κ2) is 3.41. The number of pyridine rings is 1. The zero-order valence-electron chi connectivity index (χ0n) is 6.88. The van der Waals surface area contributed by atoms with Crippen LogP contribution >= 0.6 is 0 Å². The number of aromatic nitrogens is 1. The monoisotopic (exact) mass is 203 g/mol. The molecule has 0 aromatic carbocycles. The lowest BCUT2D eigenvalue weighted by Crippen LogP contribution is -2.11. The zero-order valence-corrected chi connectivity index (χ0v) is 7.69. The highest BCUT2D eigenvalue weighted by Crippen LogP contribution is 2.17. The summed E-state index contributed by atoms with van der Waals surface area (Å²) in [6.07, 6.45) is 2.70. The number of aliphatic hydroxyl groups is 1. The molecule has 5 nitrogen and oxygen atoms in total. The molecule has 1 atom stereocenters. The molecule has 6 heteroatoms. The number of nitrogens with zero attached hydrogens (tertiary/aromatic N) is 1. The molecule has 1 aromatic heterocycles. The Labute approximate surface area is 75.8 Å². The van der Waals surface area contributed by atoms with Gasteiger partial charge in [0, 0.05) is 18.0 Å². The van der Waals surface area contributed by atoms with Gasteiger partial charge in [-0.05, 0) is 18.6 Å². The molecule has 2 N–H and O–H groups in total. The summed E-state index contributed by atoms with van der Waals surface area (Å²) in [5, 5.41) is 9.10. The van der Waals surface area contributed by atoms with E-state index in [2.05, 4.69) is 4.98 Å². The molecule has 0 saturated heterocycles. The highest BCUT2D eigenvalue weighted by atomic mass is 32.2. The zero-order chi connectivity index (χ0) is 10.1. The number of hydrogen-bond donors (Lipinski definition) is 2. The van der Waals surface area contributed by atoms with Gasteiger partial charge in [0.2, 0.25) is 5.44 Å². The topological polar surface area (TPSA) is 87.5 Å². The average molecular weight is 203 g/mol. The maximum absolute atomic E-state index is 10.5.